The van der Waals surface area contributed by atoms with Crippen LogP contribution in [-0.4, -0.2) is 44.6 Å². The summed E-state index contributed by atoms with van der Waals surface area (Å²) < 4.78 is 7.49. The molecule has 1 saturated carbocycles. The monoisotopic (exact) mass is 358 g/mol. The van der Waals surface area contributed by atoms with Crippen molar-refractivity contribution in [3.63, 3.8) is 0 Å². The van der Waals surface area contributed by atoms with Gasteiger partial charge in [-0.2, -0.15) is 5.10 Å². The normalized spacial score (nSPS) is 22.7. The van der Waals surface area contributed by atoms with Crippen LogP contribution in [-0.2, 0) is 13.1 Å². The Balaban J connectivity index is 1.35. The number of rotatable bonds is 6. The van der Waals surface area contributed by atoms with Crippen LogP contribution in [0.5, 0.6) is 0 Å². The van der Waals surface area contributed by atoms with Gasteiger partial charge in [0.25, 0.3) is 0 Å². The summed E-state index contributed by atoms with van der Waals surface area (Å²) in [4.78, 5) is 2.46. The van der Waals surface area contributed by atoms with E-state index in [1.165, 1.54) is 44.9 Å². The lowest BCUT2D eigenvalue weighted by Crippen LogP contribution is -2.34. The molecule has 0 unspecified atom stereocenters. The molecule has 1 atom stereocenters. The van der Waals surface area contributed by atoms with E-state index in [1.54, 1.807) is 0 Å². The second-order valence-electron chi connectivity index (χ2n) is 7.85. The third kappa shape index (κ3) is 4.18. The Hall–Kier alpha value is -1.66. The number of nitrogens with zero attached hydrogens (tertiary/aromatic N) is 4. The predicted molar refractivity (Wildman–Crippen MR) is 98.9 cm³/mol. The van der Waals surface area contributed by atoms with Crippen LogP contribution in [0.2, 0.25) is 0 Å². The van der Waals surface area contributed by atoms with Gasteiger partial charge in [0.2, 0.25) is 0 Å². The van der Waals surface area contributed by atoms with Crippen LogP contribution in [0.3, 0.4) is 0 Å². The summed E-state index contributed by atoms with van der Waals surface area (Å²) in [6, 6.07) is 4.29. The van der Waals surface area contributed by atoms with Gasteiger partial charge in [-0.3, -0.25) is 9.58 Å². The Labute approximate surface area is 155 Å². The quantitative estimate of drug-likeness (QED) is 0.858. The van der Waals surface area contributed by atoms with Crippen molar-refractivity contribution in [1.82, 2.24) is 19.8 Å². The molecule has 0 bridgehead atoms. The molecule has 142 valence electrons. The molecule has 6 heteroatoms. The summed E-state index contributed by atoms with van der Waals surface area (Å²) in [5, 5.41) is 18.0. The van der Waals surface area contributed by atoms with Crippen molar-refractivity contribution in [3.8, 4) is 0 Å². The number of aliphatic hydroxyl groups excluding tert-OH is 1. The van der Waals surface area contributed by atoms with E-state index in [0.29, 0.717) is 18.4 Å². The molecule has 26 heavy (non-hydrogen) atoms. The van der Waals surface area contributed by atoms with Gasteiger partial charge in [0.1, 0.15) is 0 Å². The van der Waals surface area contributed by atoms with Gasteiger partial charge in [-0.25, -0.2) is 0 Å². The maximum atomic E-state index is 9.06. The zero-order valence-electron chi connectivity index (χ0n) is 15.5. The van der Waals surface area contributed by atoms with E-state index in [-0.39, 0.29) is 6.61 Å². The number of hydrogen-bond acceptors (Lipinski definition) is 5. The van der Waals surface area contributed by atoms with Crippen molar-refractivity contribution in [2.45, 2.75) is 69.9 Å². The standard InChI is InChI=1S/C20H30N4O2/c25-12-11-24-10-8-19(21-24)17-7-4-9-23(14-17)15-18-13-20(22-26-18)16-5-2-1-3-6-16/h8,10,13,16-17,25H,1-7,9,11-12,14-15H2/t17-/m0/s1. The molecule has 2 aromatic rings. The third-order valence-electron chi connectivity index (χ3n) is 5.89. The van der Waals surface area contributed by atoms with Crippen molar-refractivity contribution in [3.05, 3.63) is 35.5 Å². The van der Waals surface area contributed by atoms with Crippen LogP contribution in [0.15, 0.2) is 22.9 Å². The molecule has 2 aliphatic rings. The van der Waals surface area contributed by atoms with Crippen LogP contribution in [0.1, 0.15) is 73.9 Å². The Morgan fingerprint density at radius 2 is 1.92 bits per heavy atom. The topological polar surface area (TPSA) is 67.3 Å². The highest BCUT2D eigenvalue weighted by molar-refractivity contribution is 5.12. The number of aromatic nitrogens is 3. The lowest BCUT2D eigenvalue weighted by molar-refractivity contribution is 0.178. The summed E-state index contributed by atoms with van der Waals surface area (Å²) in [5.41, 5.74) is 2.31. The molecular formula is C20H30N4O2. The van der Waals surface area contributed by atoms with E-state index in [2.05, 4.69) is 27.3 Å². The average molecular weight is 358 g/mol. The summed E-state index contributed by atoms with van der Waals surface area (Å²) >= 11 is 0. The summed E-state index contributed by atoms with van der Waals surface area (Å²) in [7, 11) is 0. The highest BCUT2D eigenvalue weighted by atomic mass is 16.5. The largest absolute Gasteiger partial charge is 0.394 e. The van der Waals surface area contributed by atoms with Crippen molar-refractivity contribution >= 4 is 0 Å². The second-order valence-corrected chi connectivity index (χ2v) is 7.85. The minimum atomic E-state index is 0.132. The first-order valence-corrected chi connectivity index (χ1v) is 10.1. The van der Waals surface area contributed by atoms with Gasteiger partial charge in [0, 0.05) is 30.6 Å². The van der Waals surface area contributed by atoms with E-state index >= 15 is 0 Å². The molecule has 1 aliphatic heterocycles. The fourth-order valence-electron chi connectivity index (χ4n) is 4.48. The molecule has 1 aliphatic carbocycles. The van der Waals surface area contributed by atoms with Crippen molar-refractivity contribution in [1.29, 1.82) is 0 Å². The average Bonchev–Trinajstić information content (AvgIpc) is 3.33. The van der Waals surface area contributed by atoms with Gasteiger partial charge >= 0.3 is 0 Å². The minimum absolute atomic E-state index is 0.132. The van der Waals surface area contributed by atoms with Crippen molar-refractivity contribution in [2.24, 2.45) is 0 Å². The molecular weight excluding hydrogens is 328 g/mol. The molecule has 6 nitrogen and oxygen atoms in total. The highest BCUT2D eigenvalue weighted by Gasteiger charge is 2.25. The Bertz CT molecular complexity index is 690. The first-order chi connectivity index (χ1) is 12.8. The van der Waals surface area contributed by atoms with E-state index in [4.69, 9.17) is 9.63 Å². The van der Waals surface area contributed by atoms with Gasteiger partial charge in [-0.15, -0.1) is 0 Å². The molecule has 0 spiro atoms. The Kier molecular flexibility index (Phi) is 5.70. The molecule has 3 heterocycles. The number of hydrogen-bond donors (Lipinski definition) is 1. The van der Waals surface area contributed by atoms with E-state index in [1.807, 2.05) is 10.9 Å². The van der Waals surface area contributed by atoms with Crippen LogP contribution in [0.4, 0.5) is 0 Å². The Morgan fingerprint density at radius 1 is 1.08 bits per heavy atom. The molecule has 2 fully saturated rings. The van der Waals surface area contributed by atoms with Gasteiger partial charge < -0.3 is 9.63 Å². The van der Waals surface area contributed by atoms with Gasteiger partial charge in [0.15, 0.2) is 5.76 Å². The summed E-state index contributed by atoms with van der Waals surface area (Å²) in [6.07, 6.45) is 10.9. The summed E-state index contributed by atoms with van der Waals surface area (Å²) in [5.74, 6) is 2.06. The molecule has 4 rings (SSSR count). The van der Waals surface area contributed by atoms with Crippen LogP contribution in [0, 0.1) is 0 Å². The second kappa shape index (κ2) is 8.35. The first-order valence-electron chi connectivity index (χ1n) is 10.1. The fourth-order valence-corrected chi connectivity index (χ4v) is 4.48. The van der Waals surface area contributed by atoms with Crippen molar-refractivity contribution < 1.29 is 9.63 Å². The van der Waals surface area contributed by atoms with E-state index in [0.717, 1.165) is 36.8 Å². The number of piperidine rings is 1. The minimum Gasteiger partial charge on any atom is -0.394 e. The third-order valence-corrected chi connectivity index (χ3v) is 5.89. The zero-order valence-corrected chi connectivity index (χ0v) is 15.5. The first kappa shape index (κ1) is 17.7. The molecule has 1 saturated heterocycles. The lowest BCUT2D eigenvalue weighted by Gasteiger charge is -2.31. The molecule has 0 aromatic carbocycles. The maximum absolute atomic E-state index is 9.06. The molecule has 0 radical (unpaired) electrons. The lowest BCUT2D eigenvalue weighted by atomic mass is 9.87. The van der Waals surface area contributed by atoms with Crippen LogP contribution >= 0.6 is 0 Å². The Morgan fingerprint density at radius 3 is 2.77 bits per heavy atom. The summed E-state index contributed by atoms with van der Waals surface area (Å²) in [6.45, 7) is 3.65. The number of likely N-dealkylation sites (tertiary alicyclic amines) is 1. The van der Waals surface area contributed by atoms with Crippen LogP contribution in [0.25, 0.3) is 0 Å². The molecule has 2 aromatic heterocycles. The zero-order chi connectivity index (χ0) is 17.8. The maximum Gasteiger partial charge on any atom is 0.150 e. The molecule has 1 N–H and O–H groups in total. The number of aliphatic hydroxyl groups is 1. The highest BCUT2D eigenvalue weighted by Crippen LogP contribution is 2.33. The van der Waals surface area contributed by atoms with Gasteiger partial charge in [-0.1, -0.05) is 24.4 Å². The fraction of sp³-hybridized carbons (Fsp3) is 0.700. The SMILES string of the molecule is OCCn1ccc([C@H]2CCCN(Cc3cc(C4CCCCC4)no3)C2)n1. The smallest absolute Gasteiger partial charge is 0.150 e. The van der Waals surface area contributed by atoms with Gasteiger partial charge in [0.05, 0.1) is 31.1 Å². The van der Waals surface area contributed by atoms with Crippen molar-refractivity contribution in [2.75, 3.05) is 19.7 Å². The molecule has 0 amide bonds. The van der Waals surface area contributed by atoms with Crippen LogP contribution < -0.4 is 0 Å². The van der Waals surface area contributed by atoms with Gasteiger partial charge in [-0.05, 0) is 38.3 Å². The van der Waals surface area contributed by atoms with E-state index < -0.39 is 0 Å². The van der Waals surface area contributed by atoms with E-state index in [9.17, 15) is 0 Å². The predicted octanol–water partition coefficient (Wildman–Crippen LogP) is 3.29.